The molecular formula is C17H25F2N3O2. The smallest absolute Gasteiger partial charge is 0.410 e. The predicted octanol–water partition coefficient (Wildman–Crippen LogP) is 3.84. The lowest BCUT2D eigenvalue weighted by molar-refractivity contribution is -0.0217. The molecule has 1 amide bonds. The van der Waals surface area contributed by atoms with Gasteiger partial charge in [-0.1, -0.05) is 0 Å². The number of hydrogen-bond acceptors (Lipinski definition) is 3. The molecule has 134 valence electrons. The molecule has 1 aromatic rings. The molecule has 2 aliphatic rings. The van der Waals surface area contributed by atoms with E-state index in [1.165, 1.54) is 9.58 Å². The Bertz CT molecular complexity index is 649. The van der Waals surface area contributed by atoms with Crippen molar-refractivity contribution in [3.8, 4) is 0 Å². The van der Waals surface area contributed by atoms with Crippen LogP contribution in [-0.2, 0) is 30.2 Å². The largest absolute Gasteiger partial charge is 0.444 e. The van der Waals surface area contributed by atoms with Gasteiger partial charge in [0, 0.05) is 31.0 Å². The topological polar surface area (TPSA) is 47.4 Å². The Hall–Kier alpha value is -1.66. The molecule has 1 aromatic heterocycles. The molecule has 0 unspecified atom stereocenters. The Labute approximate surface area is 141 Å². The molecule has 7 heteroatoms. The van der Waals surface area contributed by atoms with Crippen molar-refractivity contribution in [2.24, 2.45) is 0 Å². The van der Waals surface area contributed by atoms with Crippen LogP contribution in [0.5, 0.6) is 0 Å². The third kappa shape index (κ3) is 3.13. The molecule has 5 nitrogen and oxygen atoms in total. The third-order valence-corrected chi connectivity index (χ3v) is 4.57. The lowest BCUT2D eigenvalue weighted by atomic mass is 9.97. The molecule has 0 fully saturated rings. The molecule has 0 radical (unpaired) electrons. The highest BCUT2D eigenvalue weighted by Gasteiger charge is 2.43. The Balaban J connectivity index is 1.94. The maximum absolute atomic E-state index is 14.6. The Morgan fingerprint density at radius 3 is 2.71 bits per heavy atom. The quantitative estimate of drug-likeness (QED) is 0.720. The van der Waals surface area contributed by atoms with Crippen LogP contribution >= 0.6 is 0 Å². The molecule has 3 heterocycles. The fourth-order valence-corrected chi connectivity index (χ4v) is 3.46. The molecule has 0 bridgehead atoms. The van der Waals surface area contributed by atoms with Gasteiger partial charge in [0.1, 0.15) is 11.3 Å². The summed E-state index contributed by atoms with van der Waals surface area (Å²) in [4.78, 5) is 14.0. The first-order valence-corrected chi connectivity index (χ1v) is 8.55. The minimum absolute atomic E-state index is 0.00420. The number of amides is 1. The van der Waals surface area contributed by atoms with Gasteiger partial charge in [-0.25, -0.2) is 4.79 Å². The standard InChI is InChI=1S/C17H25F2N3O2/c1-11-9-13-12(10-21(11)15(23)24-16(2,3)4)14-17(18,19)7-5-6-8-22(14)20-13/h11H,5-10H2,1-4H3/t11-/m1/s1. The summed E-state index contributed by atoms with van der Waals surface area (Å²) in [5.74, 6) is -2.89. The number of nitrogens with zero attached hydrogens (tertiary/aromatic N) is 3. The number of alkyl halides is 2. The second-order valence-corrected chi connectivity index (χ2v) is 7.82. The van der Waals surface area contributed by atoms with E-state index in [1.54, 1.807) is 20.8 Å². The second-order valence-electron chi connectivity index (χ2n) is 7.82. The van der Waals surface area contributed by atoms with E-state index in [-0.39, 0.29) is 24.7 Å². The van der Waals surface area contributed by atoms with E-state index in [9.17, 15) is 13.6 Å². The summed E-state index contributed by atoms with van der Waals surface area (Å²) >= 11 is 0. The number of carbonyl (C=O) groups is 1. The third-order valence-electron chi connectivity index (χ3n) is 4.57. The summed E-state index contributed by atoms with van der Waals surface area (Å²) in [6.07, 6.45) is 1.04. The summed E-state index contributed by atoms with van der Waals surface area (Å²) in [5, 5.41) is 4.42. The van der Waals surface area contributed by atoms with E-state index >= 15 is 0 Å². The van der Waals surface area contributed by atoms with Crippen LogP contribution in [-0.4, -0.2) is 32.4 Å². The highest BCUT2D eigenvalue weighted by Crippen LogP contribution is 2.41. The van der Waals surface area contributed by atoms with Crippen LogP contribution in [0.2, 0.25) is 0 Å². The van der Waals surface area contributed by atoms with Crippen molar-refractivity contribution < 1.29 is 18.3 Å². The molecule has 0 saturated heterocycles. The number of carbonyl (C=O) groups excluding carboxylic acids is 1. The van der Waals surface area contributed by atoms with Gasteiger partial charge in [0.2, 0.25) is 0 Å². The van der Waals surface area contributed by atoms with Crippen LogP contribution in [0.1, 0.15) is 63.9 Å². The van der Waals surface area contributed by atoms with Crippen molar-refractivity contribution in [2.45, 2.75) is 84.0 Å². The van der Waals surface area contributed by atoms with Crippen LogP contribution in [0.3, 0.4) is 0 Å². The van der Waals surface area contributed by atoms with Gasteiger partial charge in [-0.05, 0) is 40.5 Å². The summed E-state index contributed by atoms with van der Waals surface area (Å²) in [5.41, 5.74) is 0.580. The summed E-state index contributed by atoms with van der Waals surface area (Å²) in [6.45, 7) is 7.94. The lowest BCUT2D eigenvalue weighted by Crippen LogP contribution is -2.45. The van der Waals surface area contributed by atoms with Gasteiger partial charge in [0.25, 0.3) is 5.92 Å². The Morgan fingerprint density at radius 2 is 2.04 bits per heavy atom. The van der Waals surface area contributed by atoms with Gasteiger partial charge in [0.05, 0.1) is 12.2 Å². The van der Waals surface area contributed by atoms with Gasteiger partial charge >= 0.3 is 6.09 Å². The van der Waals surface area contributed by atoms with Gasteiger partial charge in [-0.15, -0.1) is 0 Å². The molecule has 3 rings (SSSR count). The first-order valence-electron chi connectivity index (χ1n) is 8.55. The molecule has 0 saturated carbocycles. The van der Waals surface area contributed by atoms with E-state index in [0.717, 1.165) is 0 Å². The van der Waals surface area contributed by atoms with Crippen molar-refractivity contribution in [1.82, 2.24) is 14.7 Å². The van der Waals surface area contributed by atoms with Crippen LogP contribution in [0.15, 0.2) is 0 Å². The maximum Gasteiger partial charge on any atom is 0.410 e. The van der Waals surface area contributed by atoms with Gasteiger partial charge in [0.15, 0.2) is 0 Å². The molecule has 0 aromatic carbocycles. The zero-order chi connectivity index (χ0) is 17.7. The highest BCUT2D eigenvalue weighted by molar-refractivity contribution is 5.69. The minimum Gasteiger partial charge on any atom is -0.444 e. The average Bonchev–Trinajstić information content (AvgIpc) is 2.71. The van der Waals surface area contributed by atoms with E-state index < -0.39 is 17.6 Å². The van der Waals surface area contributed by atoms with E-state index in [0.29, 0.717) is 37.1 Å². The van der Waals surface area contributed by atoms with Crippen LogP contribution in [0.4, 0.5) is 13.6 Å². The number of ether oxygens (including phenoxy) is 1. The molecule has 24 heavy (non-hydrogen) atoms. The van der Waals surface area contributed by atoms with Crippen molar-refractivity contribution in [3.63, 3.8) is 0 Å². The van der Waals surface area contributed by atoms with Gasteiger partial charge in [-0.2, -0.15) is 13.9 Å². The number of hydrogen-bond donors (Lipinski definition) is 0. The summed E-state index contributed by atoms with van der Waals surface area (Å²) in [6, 6.07) is -0.125. The minimum atomic E-state index is -2.89. The van der Waals surface area contributed by atoms with Crippen LogP contribution in [0.25, 0.3) is 0 Å². The van der Waals surface area contributed by atoms with Gasteiger partial charge in [-0.3, -0.25) is 4.68 Å². The second kappa shape index (κ2) is 5.70. The van der Waals surface area contributed by atoms with Crippen molar-refractivity contribution in [1.29, 1.82) is 0 Å². The van der Waals surface area contributed by atoms with E-state index in [4.69, 9.17) is 4.74 Å². The maximum atomic E-state index is 14.6. The van der Waals surface area contributed by atoms with Crippen molar-refractivity contribution in [3.05, 3.63) is 17.0 Å². The zero-order valence-corrected chi connectivity index (χ0v) is 14.7. The number of fused-ring (bicyclic) bond motifs is 3. The lowest BCUT2D eigenvalue weighted by Gasteiger charge is -2.35. The Morgan fingerprint density at radius 1 is 1.33 bits per heavy atom. The molecule has 2 aliphatic heterocycles. The van der Waals surface area contributed by atoms with Crippen molar-refractivity contribution in [2.75, 3.05) is 0 Å². The molecule has 0 aliphatic carbocycles. The Kier molecular flexibility index (Phi) is 4.08. The highest BCUT2D eigenvalue weighted by atomic mass is 19.3. The predicted molar refractivity (Wildman–Crippen MR) is 84.9 cm³/mol. The fraction of sp³-hybridized carbons (Fsp3) is 0.765. The number of aromatic nitrogens is 2. The number of aryl methyl sites for hydroxylation is 1. The molecule has 0 spiro atoms. The summed E-state index contributed by atoms with van der Waals surface area (Å²) in [7, 11) is 0. The van der Waals surface area contributed by atoms with Gasteiger partial charge < -0.3 is 9.64 Å². The van der Waals surface area contributed by atoms with Crippen LogP contribution in [0, 0.1) is 0 Å². The van der Waals surface area contributed by atoms with E-state index in [1.807, 2.05) is 6.92 Å². The molecular weight excluding hydrogens is 316 g/mol. The monoisotopic (exact) mass is 341 g/mol. The van der Waals surface area contributed by atoms with Crippen LogP contribution < -0.4 is 0 Å². The van der Waals surface area contributed by atoms with Crippen molar-refractivity contribution >= 4 is 6.09 Å². The molecule has 1 atom stereocenters. The average molecular weight is 341 g/mol. The first kappa shape index (κ1) is 17.2. The number of rotatable bonds is 0. The zero-order valence-electron chi connectivity index (χ0n) is 14.7. The first-order chi connectivity index (χ1) is 11.1. The normalized spacial score (nSPS) is 23.2. The van der Waals surface area contributed by atoms with E-state index in [2.05, 4.69) is 5.10 Å². The SMILES string of the molecule is C[C@@H]1Cc2nn3c(c2CN1C(=O)OC(C)(C)C)C(F)(F)CCCC3. The number of halogens is 2. The molecule has 0 N–H and O–H groups in total. The summed E-state index contributed by atoms with van der Waals surface area (Å²) < 4.78 is 36.1. The fourth-order valence-electron chi connectivity index (χ4n) is 3.46.